The third kappa shape index (κ3) is 4.65. The number of aromatic nitrogens is 3. The summed E-state index contributed by atoms with van der Waals surface area (Å²) < 4.78 is 29.2. The molecule has 2 atom stereocenters. The van der Waals surface area contributed by atoms with E-state index in [0.29, 0.717) is 11.5 Å². The fourth-order valence-corrected chi connectivity index (χ4v) is 4.91. The lowest BCUT2D eigenvalue weighted by atomic mass is 9.71. The first-order valence-corrected chi connectivity index (χ1v) is 11.8. The van der Waals surface area contributed by atoms with E-state index in [1.54, 1.807) is 27.1 Å². The van der Waals surface area contributed by atoms with Crippen LogP contribution < -0.4 is 5.32 Å². The molecule has 36 heavy (non-hydrogen) atoms. The number of rotatable bonds is 5. The Labute approximate surface area is 212 Å². The van der Waals surface area contributed by atoms with Crippen LogP contribution in [0, 0.1) is 18.6 Å². The van der Waals surface area contributed by atoms with E-state index in [-0.39, 0.29) is 41.7 Å². The Morgan fingerprint density at radius 1 is 1.25 bits per heavy atom. The van der Waals surface area contributed by atoms with Crippen LogP contribution in [0.1, 0.15) is 41.5 Å². The second-order valence-electron chi connectivity index (χ2n) is 9.27. The molecule has 2 amide bonds. The predicted molar refractivity (Wildman–Crippen MR) is 132 cm³/mol. The number of H-pyrrole nitrogens is 1. The number of carbonyl (C=O) groups excluding carboxylic acids is 2. The van der Waals surface area contributed by atoms with Gasteiger partial charge in [0, 0.05) is 38.4 Å². The van der Waals surface area contributed by atoms with Crippen molar-refractivity contribution >= 4 is 35.1 Å². The number of likely N-dealkylation sites (N-methyl/N-ethyl adjacent to an activating group) is 1. The van der Waals surface area contributed by atoms with Crippen molar-refractivity contribution in [3.8, 4) is 0 Å². The summed E-state index contributed by atoms with van der Waals surface area (Å²) in [6.45, 7) is 3.78. The molecule has 190 valence electrons. The Bertz CT molecular complexity index is 1310. The van der Waals surface area contributed by atoms with Gasteiger partial charge in [0.1, 0.15) is 0 Å². The van der Waals surface area contributed by atoms with E-state index in [1.165, 1.54) is 40.1 Å². The second kappa shape index (κ2) is 9.85. The lowest BCUT2D eigenvalue weighted by Crippen LogP contribution is -2.56. The van der Waals surface area contributed by atoms with E-state index >= 15 is 0 Å². The number of hydrogen-bond donors (Lipinski definition) is 2. The molecule has 3 heterocycles. The van der Waals surface area contributed by atoms with Gasteiger partial charge in [0.2, 0.25) is 5.91 Å². The van der Waals surface area contributed by atoms with Crippen LogP contribution in [0.25, 0.3) is 0 Å². The molecule has 0 saturated carbocycles. The highest BCUT2D eigenvalue weighted by atomic mass is 35.5. The topological polar surface area (TPSA) is 94.2 Å². The average molecular weight is 517 g/mol. The van der Waals surface area contributed by atoms with Crippen molar-refractivity contribution in [2.45, 2.75) is 38.1 Å². The first-order valence-electron chi connectivity index (χ1n) is 11.5. The van der Waals surface area contributed by atoms with Gasteiger partial charge in [0.15, 0.2) is 23.3 Å². The maximum absolute atomic E-state index is 14.7. The summed E-state index contributed by atoms with van der Waals surface area (Å²) >= 11 is 5.87. The maximum atomic E-state index is 14.7. The Morgan fingerprint density at radius 2 is 2.00 bits per heavy atom. The molecule has 2 unspecified atom stereocenters. The number of hydrogen-bond acceptors (Lipinski definition) is 5. The minimum atomic E-state index is -1.11. The second-order valence-corrected chi connectivity index (χ2v) is 9.68. The Hall–Kier alpha value is -3.53. The fourth-order valence-electron chi connectivity index (χ4n) is 4.74. The van der Waals surface area contributed by atoms with Crippen molar-refractivity contribution in [1.29, 1.82) is 0 Å². The van der Waals surface area contributed by atoms with Gasteiger partial charge in [-0.3, -0.25) is 14.7 Å². The molecule has 3 aromatic rings. The van der Waals surface area contributed by atoms with E-state index in [0.717, 1.165) is 5.69 Å². The van der Waals surface area contributed by atoms with Crippen LogP contribution >= 0.6 is 11.6 Å². The number of nitrogens with zero attached hydrogens (tertiary/aromatic N) is 4. The SMILES string of the molecule is Cc1cc(Nc2nc(C3(C(=O)N(C)C)CCN(C(=O)c4cccc(Cl)c4F)C(C)C3)ccc2F)n[nH]1. The number of halogens is 3. The molecule has 11 heteroatoms. The van der Waals surface area contributed by atoms with Gasteiger partial charge in [-0.1, -0.05) is 17.7 Å². The van der Waals surface area contributed by atoms with Gasteiger partial charge in [-0.15, -0.1) is 0 Å². The Morgan fingerprint density at radius 3 is 2.64 bits per heavy atom. The summed E-state index contributed by atoms with van der Waals surface area (Å²) in [4.78, 5) is 34.2. The van der Waals surface area contributed by atoms with Gasteiger partial charge < -0.3 is 15.1 Å². The molecule has 1 aliphatic heterocycles. The zero-order valence-corrected chi connectivity index (χ0v) is 21.2. The van der Waals surface area contributed by atoms with Gasteiger partial charge in [-0.25, -0.2) is 13.8 Å². The minimum Gasteiger partial charge on any atom is -0.348 e. The van der Waals surface area contributed by atoms with Crippen LogP contribution in [0.15, 0.2) is 36.4 Å². The van der Waals surface area contributed by atoms with Crippen LogP contribution in [0.3, 0.4) is 0 Å². The van der Waals surface area contributed by atoms with E-state index in [9.17, 15) is 18.4 Å². The molecule has 1 aromatic carbocycles. The molecule has 4 rings (SSSR count). The van der Waals surface area contributed by atoms with Gasteiger partial charge >= 0.3 is 0 Å². The smallest absolute Gasteiger partial charge is 0.257 e. The summed E-state index contributed by atoms with van der Waals surface area (Å²) in [7, 11) is 3.28. The number of nitrogens with one attached hydrogen (secondary N) is 2. The van der Waals surface area contributed by atoms with E-state index in [4.69, 9.17) is 11.6 Å². The molecule has 2 N–H and O–H groups in total. The zero-order chi connectivity index (χ0) is 26.2. The largest absolute Gasteiger partial charge is 0.348 e. The Balaban J connectivity index is 1.68. The minimum absolute atomic E-state index is 0.0583. The third-order valence-electron chi connectivity index (χ3n) is 6.50. The van der Waals surface area contributed by atoms with Crippen molar-refractivity contribution in [1.82, 2.24) is 25.0 Å². The van der Waals surface area contributed by atoms with E-state index in [2.05, 4.69) is 20.5 Å². The molecule has 1 fully saturated rings. The summed E-state index contributed by atoms with van der Waals surface area (Å²) in [5.41, 5.74) is -0.0693. The van der Waals surface area contributed by atoms with Crippen molar-refractivity contribution in [3.05, 3.63) is 70.0 Å². The van der Waals surface area contributed by atoms with Crippen LogP contribution in [0.2, 0.25) is 5.02 Å². The van der Waals surface area contributed by atoms with Crippen LogP contribution in [-0.2, 0) is 10.2 Å². The standard InChI is InChI=1S/C25H27ClF2N6O2/c1-14-12-20(32-31-14)30-22-18(27)8-9-19(29-22)25(24(36)33(3)4)10-11-34(15(2)13-25)23(35)16-6-5-7-17(26)21(16)28/h5-9,12,15H,10-11,13H2,1-4H3,(H2,29,30,31,32). The number of carbonyl (C=O) groups is 2. The van der Waals surface area contributed by atoms with Gasteiger partial charge in [-0.05, 0) is 51.0 Å². The number of pyridine rings is 1. The van der Waals surface area contributed by atoms with E-state index in [1.807, 2.05) is 6.92 Å². The average Bonchev–Trinajstić information content (AvgIpc) is 3.25. The van der Waals surface area contributed by atoms with Crippen molar-refractivity contribution < 1.29 is 18.4 Å². The number of piperidine rings is 1. The summed E-state index contributed by atoms with van der Waals surface area (Å²) in [5, 5.41) is 9.55. The summed E-state index contributed by atoms with van der Waals surface area (Å²) in [5.74, 6) is -1.75. The van der Waals surface area contributed by atoms with Crippen molar-refractivity contribution in [2.75, 3.05) is 26.0 Å². The lowest BCUT2D eigenvalue weighted by Gasteiger charge is -2.45. The predicted octanol–water partition coefficient (Wildman–Crippen LogP) is 4.44. The quantitative estimate of drug-likeness (QED) is 0.523. The maximum Gasteiger partial charge on any atom is 0.257 e. The van der Waals surface area contributed by atoms with Crippen molar-refractivity contribution in [2.24, 2.45) is 0 Å². The number of likely N-dealkylation sites (tertiary alicyclic amines) is 1. The molecule has 1 aliphatic rings. The highest BCUT2D eigenvalue weighted by Crippen LogP contribution is 2.40. The first kappa shape index (κ1) is 25.6. The van der Waals surface area contributed by atoms with E-state index < -0.39 is 29.0 Å². The number of aromatic amines is 1. The molecule has 1 saturated heterocycles. The number of benzene rings is 1. The van der Waals surface area contributed by atoms with Crippen molar-refractivity contribution in [3.63, 3.8) is 0 Å². The van der Waals surface area contributed by atoms with Gasteiger partial charge in [0.05, 0.1) is 21.7 Å². The molecule has 0 aliphatic carbocycles. The molecular weight excluding hydrogens is 490 g/mol. The Kier molecular flexibility index (Phi) is 6.99. The molecular formula is C25H27ClF2N6O2. The molecule has 2 aromatic heterocycles. The van der Waals surface area contributed by atoms with Gasteiger partial charge in [0.25, 0.3) is 5.91 Å². The van der Waals surface area contributed by atoms with Crippen LogP contribution in [0.4, 0.5) is 20.4 Å². The lowest BCUT2D eigenvalue weighted by molar-refractivity contribution is -0.137. The third-order valence-corrected chi connectivity index (χ3v) is 6.79. The normalized spacial score (nSPS) is 19.8. The molecule has 0 radical (unpaired) electrons. The number of aryl methyl sites for hydroxylation is 1. The highest BCUT2D eigenvalue weighted by Gasteiger charge is 2.48. The fraction of sp³-hybridized carbons (Fsp3) is 0.360. The van der Waals surface area contributed by atoms with Crippen LogP contribution in [0.5, 0.6) is 0 Å². The highest BCUT2D eigenvalue weighted by molar-refractivity contribution is 6.31. The first-order chi connectivity index (χ1) is 17.0. The molecule has 8 nitrogen and oxygen atoms in total. The number of amides is 2. The molecule has 0 bridgehead atoms. The zero-order valence-electron chi connectivity index (χ0n) is 20.4. The summed E-state index contributed by atoms with van der Waals surface area (Å²) in [6.07, 6.45) is 0.444. The monoisotopic (exact) mass is 516 g/mol. The molecule has 0 spiro atoms. The van der Waals surface area contributed by atoms with Crippen LogP contribution in [-0.4, -0.2) is 63.5 Å². The number of anilines is 2. The van der Waals surface area contributed by atoms with Gasteiger partial charge in [-0.2, -0.15) is 5.10 Å². The summed E-state index contributed by atoms with van der Waals surface area (Å²) in [6, 6.07) is 8.31.